The third-order valence-electron chi connectivity index (χ3n) is 2.63. The zero-order chi connectivity index (χ0) is 13.5. The largest absolute Gasteiger partial charge is 0.371 e. The smallest absolute Gasteiger partial charge is 0.328 e. The Morgan fingerprint density at radius 3 is 2.78 bits per heavy atom. The Balaban J connectivity index is 2.34. The van der Waals surface area contributed by atoms with Gasteiger partial charge >= 0.3 is 6.03 Å². The van der Waals surface area contributed by atoms with Gasteiger partial charge < -0.3 is 10.0 Å². The van der Waals surface area contributed by atoms with Crippen LogP contribution in [0.2, 0.25) is 0 Å². The molecular formula is C9H13N3O4S2. The minimum atomic E-state index is -3.33. The van der Waals surface area contributed by atoms with Crippen molar-refractivity contribution in [3.63, 3.8) is 0 Å². The molecule has 1 atom stereocenters. The number of amides is 2. The van der Waals surface area contributed by atoms with Crippen molar-refractivity contribution >= 4 is 32.3 Å². The summed E-state index contributed by atoms with van der Waals surface area (Å²) in [6.07, 6.45) is 0.225. The van der Waals surface area contributed by atoms with Crippen molar-refractivity contribution in [2.24, 2.45) is 0 Å². The van der Waals surface area contributed by atoms with E-state index in [1.807, 2.05) is 0 Å². The van der Waals surface area contributed by atoms with E-state index in [1.54, 1.807) is 14.0 Å². The van der Waals surface area contributed by atoms with Crippen LogP contribution in [0, 0.1) is 0 Å². The third kappa shape index (κ3) is 2.08. The lowest BCUT2D eigenvalue weighted by atomic mass is 10.5. The SMILES string of the molecule is CCS(=O)(=O)c1cnc(N2C(=O)N(C)CC2O)s1. The number of hydrogen-bond donors (Lipinski definition) is 1. The standard InChI is InChI=1S/C9H13N3O4S2/c1-3-18(15,16)7-4-10-8(17-7)12-6(13)5-11(2)9(12)14/h4,6,13H,3,5H2,1-2H3. The van der Waals surface area contributed by atoms with Crippen LogP contribution in [-0.2, 0) is 9.84 Å². The lowest BCUT2D eigenvalue weighted by molar-refractivity contribution is 0.183. The van der Waals surface area contributed by atoms with E-state index >= 15 is 0 Å². The summed E-state index contributed by atoms with van der Waals surface area (Å²) in [5.74, 6) is -0.0228. The lowest BCUT2D eigenvalue weighted by Gasteiger charge is -2.14. The Labute approximate surface area is 109 Å². The highest BCUT2D eigenvalue weighted by Gasteiger charge is 2.37. The maximum atomic E-state index is 11.8. The van der Waals surface area contributed by atoms with E-state index in [0.717, 1.165) is 16.2 Å². The number of aliphatic hydroxyl groups excluding tert-OH is 1. The van der Waals surface area contributed by atoms with Crippen LogP contribution < -0.4 is 4.90 Å². The molecule has 1 aromatic rings. The fourth-order valence-electron chi connectivity index (χ4n) is 1.57. The number of rotatable bonds is 3. The molecular weight excluding hydrogens is 278 g/mol. The van der Waals surface area contributed by atoms with Gasteiger partial charge in [0, 0.05) is 7.05 Å². The number of aliphatic hydroxyl groups is 1. The van der Waals surface area contributed by atoms with Gasteiger partial charge in [0.05, 0.1) is 18.5 Å². The molecule has 0 radical (unpaired) electrons. The second kappa shape index (κ2) is 4.48. The number of nitrogens with zero attached hydrogens (tertiary/aromatic N) is 3. The van der Waals surface area contributed by atoms with Crippen LogP contribution in [0.1, 0.15) is 6.92 Å². The second-order valence-corrected chi connectivity index (χ2v) is 7.39. The number of carbonyl (C=O) groups is 1. The van der Waals surface area contributed by atoms with E-state index in [1.165, 1.54) is 11.1 Å². The summed E-state index contributed by atoms with van der Waals surface area (Å²) in [6, 6.07) is -0.391. The van der Waals surface area contributed by atoms with E-state index in [4.69, 9.17) is 0 Å². The summed E-state index contributed by atoms with van der Waals surface area (Å²) in [7, 11) is -1.77. The molecule has 1 aliphatic rings. The molecule has 1 saturated heterocycles. The Morgan fingerprint density at radius 1 is 1.61 bits per heavy atom. The second-order valence-electron chi connectivity index (χ2n) is 3.88. The molecule has 0 saturated carbocycles. The van der Waals surface area contributed by atoms with Crippen molar-refractivity contribution in [3.05, 3.63) is 6.20 Å². The van der Waals surface area contributed by atoms with Gasteiger partial charge in [-0.2, -0.15) is 0 Å². The van der Waals surface area contributed by atoms with Gasteiger partial charge in [-0.1, -0.05) is 18.3 Å². The number of hydrogen-bond acceptors (Lipinski definition) is 6. The van der Waals surface area contributed by atoms with Crippen LogP contribution in [0.15, 0.2) is 10.4 Å². The van der Waals surface area contributed by atoms with Crippen LogP contribution in [0.4, 0.5) is 9.93 Å². The van der Waals surface area contributed by atoms with E-state index in [2.05, 4.69) is 4.98 Å². The molecule has 2 amide bonds. The van der Waals surface area contributed by atoms with Gasteiger partial charge in [0.2, 0.25) is 0 Å². The number of anilines is 1. The lowest BCUT2D eigenvalue weighted by Crippen LogP contribution is -2.34. The van der Waals surface area contributed by atoms with E-state index in [9.17, 15) is 18.3 Å². The predicted molar refractivity (Wildman–Crippen MR) is 66.4 cm³/mol. The molecule has 7 nitrogen and oxygen atoms in total. The quantitative estimate of drug-likeness (QED) is 0.854. The summed E-state index contributed by atoms with van der Waals surface area (Å²) in [4.78, 5) is 18.1. The highest BCUT2D eigenvalue weighted by Crippen LogP contribution is 2.30. The van der Waals surface area contributed by atoms with E-state index in [-0.39, 0.29) is 21.6 Å². The monoisotopic (exact) mass is 291 g/mol. The van der Waals surface area contributed by atoms with Crippen LogP contribution in [0.25, 0.3) is 0 Å². The first kappa shape index (κ1) is 13.2. The maximum Gasteiger partial charge on any atom is 0.328 e. The van der Waals surface area contributed by atoms with Crippen molar-refractivity contribution < 1.29 is 18.3 Å². The Morgan fingerprint density at radius 2 is 2.28 bits per heavy atom. The van der Waals surface area contributed by atoms with Crippen molar-refractivity contribution in [1.82, 2.24) is 9.88 Å². The van der Waals surface area contributed by atoms with Crippen molar-refractivity contribution in [2.45, 2.75) is 17.4 Å². The highest BCUT2D eigenvalue weighted by molar-refractivity contribution is 7.93. The molecule has 2 rings (SSSR count). The highest BCUT2D eigenvalue weighted by atomic mass is 32.2. The van der Waals surface area contributed by atoms with E-state index in [0.29, 0.717) is 0 Å². The molecule has 0 bridgehead atoms. The molecule has 1 aliphatic heterocycles. The molecule has 0 aromatic carbocycles. The molecule has 1 N–H and O–H groups in total. The average Bonchev–Trinajstić information content (AvgIpc) is 2.86. The Kier molecular flexibility index (Phi) is 3.30. The summed E-state index contributed by atoms with van der Waals surface area (Å²) in [5, 5.41) is 9.93. The summed E-state index contributed by atoms with van der Waals surface area (Å²) in [6.45, 7) is 1.71. The molecule has 9 heteroatoms. The third-order valence-corrected chi connectivity index (χ3v) is 5.91. The van der Waals surface area contributed by atoms with Crippen LogP contribution >= 0.6 is 11.3 Å². The predicted octanol–water partition coefficient (Wildman–Crippen LogP) is 0.127. The number of sulfone groups is 1. The molecule has 18 heavy (non-hydrogen) atoms. The summed E-state index contributed by atoms with van der Waals surface area (Å²) < 4.78 is 23.4. The first-order valence-electron chi connectivity index (χ1n) is 5.28. The molecule has 100 valence electrons. The van der Waals surface area contributed by atoms with Crippen molar-refractivity contribution in [2.75, 3.05) is 24.2 Å². The van der Waals surface area contributed by atoms with Gasteiger partial charge in [0.15, 0.2) is 21.2 Å². The minimum Gasteiger partial charge on any atom is -0.371 e. The fourth-order valence-corrected chi connectivity index (χ4v) is 3.85. The van der Waals surface area contributed by atoms with Gasteiger partial charge in [-0.3, -0.25) is 0 Å². The van der Waals surface area contributed by atoms with Gasteiger partial charge in [0.1, 0.15) is 4.21 Å². The fraction of sp³-hybridized carbons (Fsp3) is 0.556. The number of likely N-dealkylation sites (N-methyl/N-ethyl adjacent to an activating group) is 1. The zero-order valence-corrected chi connectivity index (χ0v) is 11.5. The van der Waals surface area contributed by atoms with Gasteiger partial charge in [-0.05, 0) is 0 Å². The zero-order valence-electron chi connectivity index (χ0n) is 9.90. The van der Waals surface area contributed by atoms with Crippen LogP contribution in [0.5, 0.6) is 0 Å². The normalized spacial score (nSPS) is 20.8. The Hall–Kier alpha value is -1.19. The van der Waals surface area contributed by atoms with Gasteiger partial charge in [-0.25, -0.2) is 23.1 Å². The first-order chi connectivity index (χ1) is 8.36. The number of aromatic nitrogens is 1. The van der Waals surface area contributed by atoms with E-state index < -0.39 is 22.1 Å². The molecule has 1 aromatic heterocycles. The number of urea groups is 1. The Bertz CT molecular complexity index is 568. The maximum absolute atomic E-state index is 11.8. The molecule has 0 spiro atoms. The number of β-amino-alcohol motifs (C(OH)–C–C–N with tert-alkyl or cyclic N) is 1. The first-order valence-corrected chi connectivity index (χ1v) is 7.74. The van der Waals surface area contributed by atoms with Crippen molar-refractivity contribution in [1.29, 1.82) is 0 Å². The number of carbonyl (C=O) groups excluding carboxylic acids is 1. The molecule has 1 unspecified atom stereocenters. The molecule has 2 heterocycles. The summed E-state index contributed by atoms with van der Waals surface area (Å²) in [5.41, 5.74) is 0. The van der Waals surface area contributed by atoms with Crippen LogP contribution in [0.3, 0.4) is 0 Å². The topological polar surface area (TPSA) is 90.8 Å². The average molecular weight is 291 g/mol. The summed E-state index contributed by atoms with van der Waals surface area (Å²) >= 11 is 0.891. The van der Waals surface area contributed by atoms with Crippen LogP contribution in [-0.4, -0.2) is 55.0 Å². The van der Waals surface area contributed by atoms with Gasteiger partial charge in [-0.15, -0.1) is 0 Å². The van der Waals surface area contributed by atoms with Gasteiger partial charge in [0.25, 0.3) is 0 Å². The molecule has 1 fully saturated rings. The molecule has 0 aliphatic carbocycles. The minimum absolute atomic E-state index is 0.0228. The number of thiazole rings is 1. The van der Waals surface area contributed by atoms with Crippen molar-refractivity contribution in [3.8, 4) is 0 Å².